The van der Waals surface area contributed by atoms with Gasteiger partial charge in [0.05, 0.1) is 0 Å². The number of rotatable bonds is 2. The lowest BCUT2D eigenvalue weighted by molar-refractivity contribution is -0.113. The van der Waals surface area contributed by atoms with Crippen molar-refractivity contribution in [2.75, 3.05) is 5.32 Å². The van der Waals surface area contributed by atoms with E-state index in [1.807, 2.05) is 6.07 Å². The lowest BCUT2D eigenvalue weighted by Gasteiger charge is -2.19. The molecule has 1 heterocycles. The van der Waals surface area contributed by atoms with Crippen molar-refractivity contribution < 1.29 is 14.0 Å². The molecule has 1 N–H and O–H groups in total. The molecule has 0 spiro atoms. The predicted molar refractivity (Wildman–Crippen MR) is 77.6 cm³/mol. The van der Waals surface area contributed by atoms with Crippen LogP contribution in [0.4, 0.5) is 10.1 Å². The number of carbonyl (C=O) groups is 2. The van der Waals surface area contributed by atoms with Gasteiger partial charge >= 0.3 is 0 Å². The van der Waals surface area contributed by atoms with Gasteiger partial charge in [-0.25, -0.2) is 4.39 Å². The van der Waals surface area contributed by atoms with Crippen molar-refractivity contribution in [3.8, 4) is 0 Å². The SMILES string of the molecule is O=C1Nc2cc(F)ccc2C/C1=C\C(=O)c1ccccc1. The van der Waals surface area contributed by atoms with E-state index >= 15 is 0 Å². The summed E-state index contributed by atoms with van der Waals surface area (Å²) in [6, 6.07) is 13.0. The van der Waals surface area contributed by atoms with Crippen molar-refractivity contribution in [2.24, 2.45) is 0 Å². The number of hydrogen-bond donors (Lipinski definition) is 1. The van der Waals surface area contributed by atoms with Crippen molar-refractivity contribution >= 4 is 17.4 Å². The molecule has 104 valence electrons. The zero-order chi connectivity index (χ0) is 14.8. The highest BCUT2D eigenvalue weighted by atomic mass is 19.1. The summed E-state index contributed by atoms with van der Waals surface area (Å²) in [7, 11) is 0. The van der Waals surface area contributed by atoms with Crippen molar-refractivity contribution in [3.63, 3.8) is 0 Å². The molecule has 1 aliphatic heterocycles. The maximum Gasteiger partial charge on any atom is 0.252 e. The lowest BCUT2D eigenvalue weighted by atomic mass is 9.96. The van der Waals surface area contributed by atoms with Crippen LogP contribution in [0, 0.1) is 5.82 Å². The zero-order valence-corrected chi connectivity index (χ0v) is 11.1. The number of hydrogen-bond acceptors (Lipinski definition) is 2. The van der Waals surface area contributed by atoms with E-state index in [0.717, 1.165) is 5.56 Å². The smallest absolute Gasteiger partial charge is 0.252 e. The molecule has 1 aliphatic rings. The lowest BCUT2D eigenvalue weighted by Crippen LogP contribution is -2.23. The van der Waals surface area contributed by atoms with Gasteiger partial charge in [-0.2, -0.15) is 0 Å². The van der Waals surface area contributed by atoms with Gasteiger partial charge in [0, 0.05) is 23.2 Å². The van der Waals surface area contributed by atoms with Crippen molar-refractivity contribution in [1.82, 2.24) is 0 Å². The quantitative estimate of drug-likeness (QED) is 0.679. The first-order valence-corrected chi connectivity index (χ1v) is 6.53. The van der Waals surface area contributed by atoms with Crippen molar-refractivity contribution in [3.05, 3.63) is 77.1 Å². The van der Waals surface area contributed by atoms with Gasteiger partial charge in [-0.15, -0.1) is 0 Å². The fourth-order valence-corrected chi connectivity index (χ4v) is 2.27. The fraction of sp³-hybridized carbons (Fsp3) is 0.0588. The summed E-state index contributed by atoms with van der Waals surface area (Å²) < 4.78 is 13.1. The molecule has 0 fully saturated rings. The van der Waals surface area contributed by atoms with E-state index in [0.29, 0.717) is 23.2 Å². The van der Waals surface area contributed by atoms with Crippen molar-refractivity contribution in [1.29, 1.82) is 0 Å². The van der Waals surface area contributed by atoms with E-state index < -0.39 is 5.82 Å². The minimum absolute atomic E-state index is 0.216. The van der Waals surface area contributed by atoms with Gasteiger partial charge in [-0.1, -0.05) is 36.4 Å². The number of fused-ring (bicyclic) bond motifs is 1. The normalized spacial score (nSPS) is 15.5. The molecule has 0 aliphatic carbocycles. The molecule has 0 saturated heterocycles. The highest BCUT2D eigenvalue weighted by molar-refractivity contribution is 6.14. The molecule has 2 aromatic rings. The minimum Gasteiger partial charge on any atom is -0.322 e. The molecule has 0 bridgehead atoms. The monoisotopic (exact) mass is 281 g/mol. The molecule has 0 radical (unpaired) electrons. The van der Waals surface area contributed by atoms with Crippen LogP contribution in [0.5, 0.6) is 0 Å². The van der Waals surface area contributed by atoms with E-state index in [1.54, 1.807) is 30.3 Å². The average Bonchev–Trinajstić information content (AvgIpc) is 2.49. The standard InChI is InChI=1S/C17H12FNO2/c18-14-7-6-12-8-13(17(21)19-15(12)10-14)9-16(20)11-4-2-1-3-5-11/h1-7,9-10H,8H2,(H,19,21)/b13-9+. The Morgan fingerprint density at radius 1 is 1.14 bits per heavy atom. The van der Waals surface area contributed by atoms with Gasteiger partial charge in [0.25, 0.3) is 5.91 Å². The Bertz CT molecular complexity index is 751. The van der Waals surface area contributed by atoms with Crippen LogP contribution >= 0.6 is 0 Å². The number of halogens is 1. The van der Waals surface area contributed by atoms with Crippen LogP contribution in [0.15, 0.2) is 60.2 Å². The maximum absolute atomic E-state index is 13.1. The minimum atomic E-state index is -0.401. The molecule has 0 atom stereocenters. The van der Waals surface area contributed by atoms with Gasteiger partial charge in [-0.3, -0.25) is 9.59 Å². The predicted octanol–water partition coefficient (Wildman–Crippen LogP) is 3.13. The molecule has 0 aromatic heterocycles. The highest BCUT2D eigenvalue weighted by Crippen LogP contribution is 2.26. The summed E-state index contributed by atoms with van der Waals surface area (Å²) in [5.41, 5.74) is 2.16. The number of anilines is 1. The molecule has 21 heavy (non-hydrogen) atoms. The van der Waals surface area contributed by atoms with E-state index in [2.05, 4.69) is 5.32 Å². The zero-order valence-electron chi connectivity index (χ0n) is 11.1. The third kappa shape index (κ3) is 2.74. The number of allylic oxidation sites excluding steroid dienone is 1. The molecule has 1 amide bonds. The second-order valence-electron chi connectivity index (χ2n) is 4.83. The first-order chi connectivity index (χ1) is 10.1. The summed E-state index contributed by atoms with van der Waals surface area (Å²) in [6.45, 7) is 0. The van der Waals surface area contributed by atoms with Gasteiger partial charge in [0.15, 0.2) is 5.78 Å². The number of carbonyl (C=O) groups excluding carboxylic acids is 2. The number of amides is 1. The molecule has 2 aromatic carbocycles. The largest absolute Gasteiger partial charge is 0.322 e. The highest BCUT2D eigenvalue weighted by Gasteiger charge is 2.21. The van der Waals surface area contributed by atoms with E-state index in [4.69, 9.17) is 0 Å². The summed E-state index contributed by atoms with van der Waals surface area (Å²) in [4.78, 5) is 24.1. The van der Waals surface area contributed by atoms with E-state index in [-0.39, 0.29) is 11.7 Å². The molecular weight excluding hydrogens is 269 g/mol. The molecule has 3 rings (SSSR count). The van der Waals surface area contributed by atoms with Crippen LogP contribution in [-0.4, -0.2) is 11.7 Å². The van der Waals surface area contributed by atoms with Gasteiger partial charge in [-0.05, 0) is 23.8 Å². The topological polar surface area (TPSA) is 46.2 Å². The first-order valence-electron chi connectivity index (χ1n) is 6.53. The molecular formula is C17H12FNO2. The van der Waals surface area contributed by atoms with Crippen LogP contribution in [0.1, 0.15) is 15.9 Å². The van der Waals surface area contributed by atoms with Crippen LogP contribution < -0.4 is 5.32 Å². The summed E-state index contributed by atoms with van der Waals surface area (Å²) in [6.07, 6.45) is 1.66. The number of ketones is 1. The van der Waals surface area contributed by atoms with Gasteiger partial charge in [0.2, 0.25) is 0 Å². The van der Waals surface area contributed by atoms with Crippen LogP contribution in [0.3, 0.4) is 0 Å². The Morgan fingerprint density at radius 3 is 2.67 bits per heavy atom. The fourth-order valence-electron chi connectivity index (χ4n) is 2.27. The molecule has 0 unspecified atom stereocenters. The van der Waals surface area contributed by atoms with Crippen LogP contribution in [0.25, 0.3) is 0 Å². The second kappa shape index (κ2) is 5.32. The number of benzene rings is 2. The van der Waals surface area contributed by atoms with Crippen LogP contribution in [0.2, 0.25) is 0 Å². The summed E-state index contributed by atoms with van der Waals surface area (Å²) >= 11 is 0. The third-order valence-electron chi connectivity index (χ3n) is 3.36. The van der Waals surface area contributed by atoms with Gasteiger partial charge in [0.1, 0.15) is 5.82 Å². The maximum atomic E-state index is 13.1. The van der Waals surface area contributed by atoms with Gasteiger partial charge < -0.3 is 5.32 Å². The molecule has 3 nitrogen and oxygen atoms in total. The number of nitrogens with one attached hydrogen (secondary N) is 1. The second-order valence-corrected chi connectivity index (χ2v) is 4.83. The molecule has 0 saturated carbocycles. The Balaban J connectivity index is 1.90. The Hall–Kier alpha value is -2.75. The summed E-state index contributed by atoms with van der Waals surface area (Å²) in [5, 5.41) is 2.61. The first kappa shape index (κ1) is 13.2. The molecule has 4 heteroatoms. The summed E-state index contributed by atoms with van der Waals surface area (Å²) in [5.74, 6) is -0.981. The van der Waals surface area contributed by atoms with E-state index in [1.165, 1.54) is 18.2 Å². The Labute approximate surface area is 121 Å². The Kier molecular flexibility index (Phi) is 3.36. The third-order valence-corrected chi connectivity index (χ3v) is 3.36. The van der Waals surface area contributed by atoms with Crippen molar-refractivity contribution in [2.45, 2.75) is 6.42 Å². The van der Waals surface area contributed by atoms with Crippen LogP contribution in [-0.2, 0) is 11.2 Å². The Morgan fingerprint density at radius 2 is 1.90 bits per heavy atom. The van der Waals surface area contributed by atoms with E-state index in [9.17, 15) is 14.0 Å². The average molecular weight is 281 g/mol.